The van der Waals surface area contributed by atoms with E-state index < -0.39 is 0 Å². The number of allylic oxidation sites excluding steroid dienone is 3. The van der Waals surface area contributed by atoms with Gasteiger partial charge in [0.25, 0.3) is 0 Å². The van der Waals surface area contributed by atoms with Crippen LogP contribution in [-0.2, 0) is 6.54 Å². The summed E-state index contributed by atoms with van der Waals surface area (Å²) in [7, 11) is 0. The van der Waals surface area contributed by atoms with E-state index in [1.807, 2.05) is 0 Å². The van der Waals surface area contributed by atoms with Gasteiger partial charge in [0.05, 0.1) is 11.6 Å². The fraction of sp³-hybridized carbons (Fsp3) is 0.280. The van der Waals surface area contributed by atoms with Gasteiger partial charge in [-0.2, -0.15) is 0 Å². The van der Waals surface area contributed by atoms with Gasteiger partial charge in [0.1, 0.15) is 0 Å². The Balaban J connectivity index is 2.14. The lowest BCUT2D eigenvalue weighted by molar-refractivity contribution is 0.574. The van der Waals surface area contributed by atoms with Crippen molar-refractivity contribution in [2.24, 2.45) is 0 Å². The highest BCUT2D eigenvalue weighted by molar-refractivity contribution is 8.00. The molecule has 0 atom stereocenters. The molecule has 148 valence electrons. The first-order chi connectivity index (χ1) is 13.4. The SMILES string of the molecule is C=C(C)N(Cc1ccc(C)cc1)S/C(=C\C)N/C(=C\CC)c1ccc(C)cc1. The first-order valence-electron chi connectivity index (χ1n) is 9.80. The van der Waals surface area contributed by atoms with E-state index in [0.29, 0.717) is 0 Å². The van der Waals surface area contributed by atoms with Crippen molar-refractivity contribution < 1.29 is 0 Å². The molecule has 0 amide bonds. The highest BCUT2D eigenvalue weighted by atomic mass is 32.2. The molecule has 0 aliphatic carbocycles. The number of rotatable bonds is 9. The van der Waals surface area contributed by atoms with Crippen LogP contribution in [0.5, 0.6) is 0 Å². The molecule has 2 aromatic rings. The molecule has 0 heterocycles. The molecular weight excluding hydrogens is 360 g/mol. The van der Waals surface area contributed by atoms with Crippen LogP contribution in [0.1, 0.15) is 49.4 Å². The summed E-state index contributed by atoms with van der Waals surface area (Å²) in [5.74, 6) is 0. The number of nitrogens with zero attached hydrogens (tertiary/aromatic N) is 1. The van der Waals surface area contributed by atoms with Crippen molar-refractivity contribution in [2.75, 3.05) is 0 Å². The summed E-state index contributed by atoms with van der Waals surface area (Å²) < 4.78 is 2.23. The van der Waals surface area contributed by atoms with E-state index in [1.165, 1.54) is 22.3 Å². The van der Waals surface area contributed by atoms with Gasteiger partial charge < -0.3 is 9.62 Å². The molecule has 0 radical (unpaired) electrons. The molecule has 0 saturated heterocycles. The van der Waals surface area contributed by atoms with Gasteiger partial charge in [0, 0.05) is 23.3 Å². The summed E-state index contributed by atoms with van der Waals surface area (Å²) in [6.07, 6.45) is 5.33. The summed E-state index contributed by atoms with van der Waals surface area (Å²) in [4.78, 5) is 0. The van der Waals surface area contributed by atoms with Gasteiger partial charge in [-0.05, 0) is 45.2 Å². The zero-order chi connectivity index (χ0) is 20.5. The van der Waals surface area contributed by atoms with E-state index in [9.17, 15) is 0 Å². The van der Waals surface area contributed by atoms with Crippen molar-refractivity contribution in [3.05, 3.63) is 100 Å². The summed E-state index contributed by atoms with van der Waals surface area (Å²) in [5, 5.41) is 4.72. The molecule has 0 fully saturated rings. The van der Waals surface area contributed by atoms with E-state index in [4.69, 9.17) is 0 Å². The molecule has 0 aliphatic rings. The maximum Gasteiger partial charge on any atom is 0.0894 e. The second-order valence-corrected chi connectivity index (χ2v) is 8.08. The summed E-state index contributed by atoms with van der Waals surface area (Å²) in [6, 6.07) is 17.3. The van der Waals surface area contributed by atoms with Crippen LogP contribution in [0.25, 0.3) is 5.70 Å². The first-order valence-corrected chi connectivity index (χ1v) is 10.6. The predicted molar refractivity (Wildman–Crippen MR) is 125 cm³/mol. The maximum atomic E-state index is 4.18. The van der Waals surface area contributed by atoms with Gasteiger partial charge in [-0.1, -0.05) is 85.3 Å². The Morgan fingerprint density at radius 3 is 2.11 bits per heavy atom. The summed E-state index contributed by atoms with van der Waals surface area (Å²) in [6.45, 7) is 15.5. The van der Waals surface area contributed by atoms with Crippen molar-refractivity contribution in [1.29, 1.82) is 0 Å². The van der Waals surface area contributed by atoms with E-state index in [1.54, 1.807) is 11.9 Å². The van der Waals surface area contributed by atoms with Gasteiger partial charge in [-0.25, -0.2) is 0 Å². The monoisotopic (exact) mass is 392 g/mol. The van der Waals surface area contributed by atoms with Gasteiger partial charge in [0.15, 0.2) is 0 Å². The second-order valence-electron chi connectivity index (χ2n) is 7.02. The van der Waals surface area contributed by atoms with Crippen LogP contribution >= 0.6 is 11.9 Å². The lowest BCUT2D eigenvalue weighted by Crippen LogP contribution is -2.18. The highest BCUT2D eigenvalue weighted by Crippen LogP contribution is 2.28. The number of nitrogens with one attached hydrogen (secondary N) is 1. The topological polar surface area (TPSA) is 15.3 Å². The van der Waals surface area contributed by atoms with Gasteiger partial charge >= 0.3 is 0 Å². The van der Waals surface area contributed by atoms with Crippen LogP contribution in [0, 0.1) is 13.8 Å². The van der Waals surface area contributed by atoms with E-state index in [2.05, 4.69) is 112 Å². The Morgan fingerprint density at radius 2 is 1.61 bits per heavy atom. The lowest BCUT2D eigenvalue weighted by atomic mass is 10.1. The molecule has 2 nitrogen and oxygen atoms in total. The first kappa shape index (κ1) is 21.9. The van der Waals surface area contributed by atoms with Crippen LogP contribution in [0.4, 0.5) is 0 Å². The Morgan fingerprint density at radius 1 is 1.04 bits per heavy atom. The molecule has 1 N–H and O–H groups in total. The van der Waals surface area contributed by atoms with Crippen LogP contribution < -0.4 is 5.32 Å². The molecule has 0 saturated carbocycles. The largest absolute Gasteiger partial charge is 0.349 e. The Hall–Kier alpha value is -2.39. The molecule has 0 aliphatic heterocycles. The maximum absolute atomic E-state index is 4.18. The molecule has 2 aromatic carbocycles. The van der Waals surface area contributed by atoms with Crippen molar-refractivity contribution in [2.45, 2.75) is 47.6 Å². The average Bonchev–Trinajstić information content (AvgIpc) is 2.68. The molecule has 28 heavy (non-hydrogen) atoms. The second kappa shape index (κ2) is 10.8. The zero-order valence-electron chi connectivity index (χ0n) is 17.8. The standard InChI is InChI=1S/C25H32N2S/c1-7-9-24(23-16-12-21(6)13-17-23)26-25(8-2)28-27(19(3)4)18-22-14-10-20(5)11-15-22/h8-17,26H,3,7,18H2,1-2,4-6H3/b24-9-,25-8-. The van der Waals surface area contributed by atoms with Crippen molar-refractivity contribution in [1.82, 2.24) is 9.62 Å². The minimum atomic E-state index is 0.816. The predicted octanol–water partition coefficient (Wildman–Crippen LogP) is 7.19. The Bertz CT molecular complexity index is 830. The average molecular weight is 393 g/mol. The summed E-state index contributed by atoms with van der Waals surface area (Å²) >= 11 is 1.69. The van der Waals surface area contributed by atoms with Gasteiger partial charge in [0.2, 0.25) is 0 Å². The van der Waals surface area contributed by atoms with E-state index >= 15 is 0 Å². The minimum absolute atomic E-state index is 0.816. The molecule has 3 heteroatoms. The number of aryl methyl sites for hydroxylation is 2. The van der Waals surface area contributed by atoms with Gasteiger partial charge in [-0.3, -0.25) is 0 Å². The Kier molecular flexibility index (Phi) is 8.46. The third-order valence-electron chi connectivity index (χ3n) is 4.37. The number of benzene rings is 2. The summed E-state index contributed by atoms with van der Waals surface area (Å²) in [5.41, 5.74) is 7.20. The fourth-order valence-electron chi connectivity index (χ4n) is 2.68. The molecular formula is C25H32N2S. The number of hydrogen-bond acceptors (Lipinski definition) is 3. The van der Waals surface area contributed by atoms with Crippen LogP contribution in [-0.4, -0.2) is 4.31 Å². The van der Waals surface area contributed by atoms with E-state index in [0.717, 1.165) is 29.4 Å². The highest BCUT2D eigenvalue weighted by Gasteiger charge is 2.11. The molecule has 0 aromatic heterocycles. The van der Waals surface area contributed by atoms with Crippen molar-refractivity contribution >= 4 is 17.6 Å². The molecule has 0 spiro atoms. The normalized spacial score (nSPS) is 12.0. The third kappa shape index (κ3) is 6.65. The van der Waals surface area contributed by atoms with E-state index in [-0.39, 0.29) is 0 Å². The van der Waals surface area contributed by atoms with Crippen molar-refractivity contribution in [3.63, 3.8) is 0 Å². The minimum Gasteiger partial charge on any atom is -0.349 e. The molecule has 2 rings (SSSR count). The third-order valence-corrected chi connectivity index (χ3v) is 5.57. The molecule has 0 bridgehead atoms. The Labute approximate surface area is 175 Å². The fourth-order valence-corrected chi connectivity index (χ4v) is 3.55. The zero-order valence-corrected chi connectivity index (χ0v) is 18.6. The molecule has 0 unspecified atom stereocenters. The quantitative estimate of drug-likeness (QED) is 0.455. The van der Waals surface area contributed by atoms with Crippen LogP contribution in [0.2, 0.25) is 0 Å². The smallest absolute Gasteiger partial charge is 0.0894 e. The van der Waals surface area contributed by atoms with Crippen LogP contribution in [0.3, 0.4) is 0 Å². The lowest BCUT2D eigenvalue weighted by Gasteiger charge is -2.26. The van der Waals surface area contributed by atoms with Crippen molar-refractivity contribution in [3.8, 4) is 0 Å². The number of hydrogen-bond donors (Lipinski definition) is 1. The van der Waals surface area contributed by atoms with Crippen LogP contribution in [0.15, 0.2) is 78.0 Å². The van der Waals surface area contributed by atoms with Gasteiger partial charge in [-0.15, -0.1) is 0 Å².